The number of amides is 1. The van der Waals surface area contributed by atoms with Gasteiger partial charge in [-0.15, -0.1) is 16.9 Å². The monoisotopic (exact) mass is 347 g/mol. The zero-order valence-electron chi connectivity index (χ0n) is 12.2. The Morgan fingerprint density at radius 2 is 1.92 bits per heavy atom. The summed E-state index contributed by atoms with van der Waals surface area (Å²) in [5.74, 6) is -2.01. The van der Waals surface area contributed by atoms with Crippen molar-refractivity contribution in [3.05, 3.63) is 60.4 Å². The highest BCUT2D eigenvalue weighted by molar-refractivity contribution is 8.00. The van der Waals surface area contributed by atoms with Crippen molar-refractivity contribution in [1.29, 1.82) is 0 Å². The summed E-state index contributed by atoms with van der Waals surface area (Å²) >= 11 is 1.12. The molecule has 1 N–H and O–H groups in total. The molecule has 3 aromatic rings. The number of aromatic nitrogens is 4. The molecule has 1 amide bonds. The molecule has 0 spiro atoms. The maximum absolute atomic E-state index is 13.1. The Kier molecular flexibility index (Phi) is 4.80. The highest BCUT2D eigenvalue weighted by Gasteiger charge is 2.07. The van der Waals surface area contributed by atoms with E-state index in [9.17, 15) is 13.6 Å². The molecule has 0 bridgehead atoms. The Morgan fingerprint density at radius 3 is 2.58 bits per heavy atom. The molecule has 9 heteroatoms. The number of hydrogen-bond acceptors (Lipinski definition) is 5. The molecule has 1 heterocycles. The predicted octanol–water partition coefficient (Wildman–Crippen LogP) is 2.67. The zero-order chi connectivity index (χ0) is 16.9. The molecule has 0 aliphatic heterocycles. The van der Waals surface area contributed by atoms with E-state index >= 15 is 0 Å². The smallest absolute Gasteiger partial charge is 0.234 e. The van der Waals surface area contributed by atoms with Crippen LogP contribution < -0.4 is 5.32 Å². The van der Waals surface area contributed by atoms with Crippen LogP contribution in [0.4, 0.5) is 14.5 Å². The van der Waals surface area contributed by atoms with Gasteiger partial charge in [0.15, 0.2) is 11.6 Å². The van der Waals surface area contributed by atoms with E-state index in [0.717, 1.165) is 29.6 Å². The van der Waals surface area contributed by atoms with E-state index in [4.69, 9.17) is 0 Å². The van der Waals surface area contributed by atoms with Crippen LogP contribution in [0.25, 0.3) is 5.69 Å². The van der Waals surface area contributed by atoms with Crippen molar-refractivity contribution in [3.8, 4) is 5.69 Å². The normalized spacial score (nSPS) is 10.6. The van der Waals surface area contributed by atoms with E-state index in [1.54, 1.807) is 24.3 Å². The van der Waals surface area contributed by atoms with E-state index < -0.39 is 11.6 Å². The van der Waals surface area contributed by atoms with Crippen LogP contribution in [0, 0.1) is 11.6 Å². The lowest BCUT2D eigenvalue weighted by molar-refractivity contribution is -0.113. The van der Waals surface area contributed by atoms with Gasteiger partial charge in [0.25, 0.3) is 0 Å². The second-order valence-corrected chi connectivity index (χ2v) is 5.76. The molecule has 1 aromatic heterocycles. The van der Waals surface area contributed by atoms with Crippen LogP contribution in [0.2, 0.25) is 0 Å². The molecule has 0 atom stereocenters. The lowest BCUT2D eigenvalue weighted by Gasteiger charge is -2.06. The number of carbonyl (C=O) groups excluding carboxylic acids is 1. The number of halogens is 2. The van der Waals surface area contributed by atoms with Gasteiger partial charge in [0.1, 0.15) is 6.33 Å². The van der Waals surface area contributed by atoms with Crippen molar-refractivity contribution in [2.75, 3.05) is 11.1 Å². The molecule has 0 saturated heterocycles. The van der Waals surface area contributed by atoms with Crippen LogP contribution in [0.5, 0.6) is 0 Å². The van der Waals surface area contributed by atoms with Gasteiger partial charge in [-0.1, -0.05) is 0 Å². The quantitative estimate of drug-likeness (QED) is 0.719. The van der Waals surface area contributed by atoms with Gasteiger partial charge in [0, 0.05) is 10.6 Å². The Labute approximate surface area is 139 Å². The van der Waals surface area contributed by atoms with Crippen LogP contribution in [-0.4, -0.2) is 31.9 Å². The molecule has 0 aliphatic rings. The first kappa shape index (κ1) is 16.1. The first-order valence-corrected chi connectivity index (χ1v) is 7.81. The van der Waals surface area contributed by atoms with Gasteiger partial charge in [0.2, 0.25) is 5.91 Å². The summed E-state index contributed by atoms with van der Waals surface area (Å²) < 4.78 is 27.4. The molecule has 0 saturated carbocycles. The lowest BCUT2D eigenvalue weighted by atomic mass is 10.3. The predicted molar refractivity (Wildman–Crippen MR) is 84.9 cm³/mol. The van der Waals surface area contributed by atoms with Gasteiger partial charge in [0.05, 0.1) is 11.4 Å². The minimum absolute atomic E-state index is 0.0832. The van der Waals surface area contributed by atoms with E-state index in [2.05, 4.69) is 20.8 Å². The van der Waals surface area contributed by atoms with Gasteiger partial charge >= 0.3 is 0 Å². The Bertz CT molecular complexity index is 840. The second kappa shape index (κ2) is 7.18. The van der Waals surface area contributed by atoms with Crippen molar-refractivity contribution < 1.29 is 13.6 Å². The Morgan fingerprint density at radius 1 is 1.12 bits per heavy atom. The number of carbonyl (C=O) groups is 1. The van der Waals surface area contributed by atoms with Gasteiger partial charge < -0.3 is 5.32 Å². The summed E-state index contributed by atoms with van der Waals surface area (Å²) in [5.41, 5.74) is 1.37. The van der Waals surface area contributed by atoms with Crippen molar-refractivity contribution >= 4 is 23.4 Å². The molecule has 3 rings (SSSR count). The molecule has 2 aromatic carbocycles. The number of benzene rings is 2. The number of nitrogens with one attached hydrogen (secondary N) is 1. The van der Waals surface area contributed by atoms with Gasteiger partial charge in [-0.05, 0) is 52.9 Å². The number of tetrazole rings is 1. The summed E-state index contributed by atoms with van der Waals surface area (Å²) in [6.07, 6.45) is 1.46. The maximum atomic E-state index is 13.1. The topological polar surface area (TPSA) is 72.7 Å². The molecule has 6 nitrogen and oxygen atoms in total. The minimum Gasteiger partial charge on any atom is -0.325 e. The molecule has 0 unspecified atom stereocenters. The number of nitrogens with zero attached hydrogens (tertiary/aromatic N) is 4. The molecule has 0 aliphatic carbocycles. The van der Waals surface area contributed by atoms with E-state index in [0.29, 0.717) is 10.6 Å². The van der Waals surface area contributed by atoms with Crippen molar-refractivity contribution in [2.45, 2.75) is 4.90 Å². The summed E-state index contributed by atoms with van der Waals surface area (Å²) in [7, 11) is 0. The average molecular weight is 347 g/mol. The summed E-state index contributed by atoms with van der Waals surface area (Å²) in [6, 6.07) is 10.5. The first-order valence-electron chi connectivity index (χ1n) is 6.83. The van der Waals surface area contributed by atoms with E-state index in [-0.39, 0.29) is 11.7 Å². The fourth-order valence-electron chi connectivity index (χ4n) is 1.89. The number of anilines is 1. The number of hydrogen-bond donors (Lipinski definition) is 1. The Balaban J connectivity index is 1.55. The van der Waals surface area contributed by atoms with Crippen LogP contribution in [-0.2, 0) is 4.79 Å². The van der Waals surface area contributed by atoms with Crippen molar-refractivity contribution in [3.63, 3.8) is 0 Å². The zero-order valence-corrected chi connectivity index (χ0v) is 13.0. The van der Waals surface area contributed by atoms with E-state index in [1.807, 2.05) is 0 Å². The third-order valence-electron chi connectivity index (χ3n) is 3.03. The number of rotatable bonds is 5. The molecule has 0 fully saturated rings. The van der Waals surface area contributed by atoms with Crippen molar-refractivity contribution in [1.82, 2.24) is 20.2 Å². The lowest BCUT2D eigenvalue weighted by Crippen LogP contribution is -2.14. The number of thioether (sulfide) groups is 1. The largest absolute Gasteiger partial charge is 0.325 e. The molecular formula is C15H11F2N5OS. The van der Waals surface area contributed by atoms with Crippen LogP contribution >= 0.6 is 11.8 Å². The van der Waals surface area contributed by atoms with E-state index in [1.165, 1.54) is 17.1 Å². The second-order valence-electron chi connectivity index (χ2n) is 4.71. The average Bonchev–Trinajstić information content (AvgIpc) is 3.11. The molecule has 0 radical (unpaired) electrons. The third-order valence-corrected chi connectivity index (χ3v) is 4.02. The first-order chi connectivity index (χ1) is 11.6. The minimum atomic E-state index is -0.932. The van der Waals surface area contributed by atoms with Crippen molar-refractivity contribution in [2.24, 2.45) is 0 Å². The fourth-order valence-corrected chi connectivity index (χ4v) is 2.61. The maximum Gasteiger partial charge on any atom is 0.234 e. The van der Waals surface area contributed by atoms with Gasteiger partial charge in [-0.3, -0.25) is 4.79 Å². The standard InChI is InChI=1S/C15H11F2N5OS/c16-13-6-5-12(7-14(13)17)24-8-15(23)19-10-1-3-11(4-2-10)22-9-18-20-21-22/h1-7,9H,8H2,(H,19,23). The summed E-state index contributed by atoms with van der Waals surface area (Å²) in [6.45, 7) is 0. The Hall–Kier alpha value is -2.81. The highest BCUT2D eigenvalue weighted by Crippen LogP contribution is 2.21. The molecule has 122 valence electrons. The fraction of sp³-hybridized carbons (Fsp3) is 0.0667. The van der Waals surface area contributed by atoms with Crippen LogP contribution in [0.3, 0.4) is 0 Å². The van der Waals surface area contributed by atoms with Gasteiger partial charge in [-0.2, -0.15) is 0 Å². The summed E-state index contributed by atoms with van der Waals surface area (Å²) in [5, 5.41) is 13.6. The highest BCUT2D eigenvalue weighted by atomic mass is 32.2. The molecule has 24 heavy (non-hydrogen) atoms. The van der Waals surface area contributed by atoms with Crippen LogP contribution in [0.1, 0.15) is 0 Å². The SMILES string of the molecule is O=C(CSc1ccc(F)c(F)c1)Nc1ccc(-n2cnnn2)cc1. The third kappa shape index (κ3) is 3.93. The van der Waals surface area contributed by atoms with Gasteiger partial charge in [-0.25, -0.2) is 13.5 Å². The molecular weight excluding hydrogens is 336 g/mol. The summed E-state index contributed by atoms with van der Waals surface area (Å²) in [4.78, 5) is 12.4. The van der Waals surface area contributed by atoms with Crippen LogP contribution in [0.15, 0.2) is 53.7 Å².